The number of nitrogens with zero attached hydrogens (tertiary/aromatic N) is 3. The van der Waals surface area contributed by atoms with E-state index in [2.05, 4.69) is 25.4 Å². The first kappa shape index (κ1) is 14.7. The van der Waals surface area contributed by atoms with E-state index >= 15 is 0 Å². The predicted octanol–water partition coefficient (Wildman–Crippen LogP) is 2.36. The number of rotatable bonds is 3. The van der Waals surface area contributed by atoms with Crippen molar-refractivity contribution >= 4 is 22.6 Å². The van der Waals surface area contributed by atoms with E-state index in [-0.39, 0.29) is 11.9 Å². The fourth-order valence-electron chi connectivity index (χ4n) is 3.23. The number of H-pyrrole nitrogens is 1. The largest absolute Gasteiger partial charge is 0.355 e. The summed E-state index contributed by atoms with van der Waals surface area (Å²) in [5, 5.41) is 11.1. The number of hydrogen-bond acceptors (Lipinski definition) is 4. The zero-order valence-corrected chi connectivity index (χ0v) is 13.3. The van der Waals surface area contributed by atoms with Gasteiger partial charge in [0.05, 0.1) is 5.52 Å². The van der Waals surface area contributed by atoms with Crippen molar-refractivity contribution < 1.29 is 4.79 Å². The van der Waals surface area contributed by atoms with Crippen molar-refractivity contribution in [2.24, 2.45) is 0 Å². The molecule has 1 saturated heterocycles. The van der Waals surface area contributed by atoms with Gasteiger partial charge in [-0.3, -0.25) is 9.89 Å². The Bertz CT molecular complexity index is 845. The number of piperidine rings is 1. The van der Waals surface area contributed by atoms with Gasteiger partial charge in [-0.15, -0.1) is 0 Å². The Morgan fingerprint density at radius 1 is 1.21 bits per heavy atom. The van der Waals surface area contributed by atoms with E-state index in [1.54, 1.807) is 6.20 Å². The molecule has 1 aliphatic rings. The van der Waals surface area contributed by atoms with E-state index in [4.69, 9.17) is 0 Å². The van der Waals surface area contributed by atoms with Crippen LogP contribution in [0.3, 0.4) is 0 Å². The number of nitrogens with one attached hydrogen (secondary N) is 2. The van der Waals surface area contributed by atoms with Gasteiger partial charge in [0.1, 0.15) is 5.82 Å². The zero-order valence-electron chi connectivity index (χ0n) is 13.3. The van der Waals surface area contributed by atoms with Crippen LogP contribution in [0.5, 0.6) is 0 Å². The molecule has 24 heavy (non-hydrogen) atoms. The van der Waals surface area contributed by atoms with E-state index in [0.717, 1.165) is 42.7 Å². The summed E-state index contributed by atoms with van der Waals surface area (Å²) in [5.74, 6) is 0.835. The van der Waals surface area contributed by atoms with Crippen molar-refractivity contribution in [3.05, 3.63) is 54.4 Å². The van der Waals surface area contributed by atoms with Gasteiger partial charge >= 0.3 is 0 Å². The lowest BCUT2D eigenvalue weighted by molar-refractivity contribution is 0.0929. The fourth-order valence-corrected chi connectivity index (χ4v) is 3.23. The molecule has 122 valence electrons. The van der Waals surface area contributed by atoms with Crippen molar-refractivity contribution in [3.8, 4) is 0 Å². The van der Waals surface area contributed by atoms with Crippen molar-refractivity contribution in [3.63, 3.8) is 0 Å². The van der Waals surface area contributed by atoms with Gasteiger partial charge in [0.2, 0.25) is 0 Å². The first-order chi connectivity index (χ1) is 11.8. The third-order valence-corrected chi connectivity index (χ3v) is 4.42. The number of aromatic nitrogens is 3. The van der Waals surface area contributed by atoms with E-state index in [1.165, 1.54) is 0 Å². The Hall–Kier alpha value is -2.89. The molecule has 0 radical (unpaired) electrons. The average Bonchev–Trinajstić information content (AvgIpc) is 3.07. The molecule has 2 N–H and O–H groups in total. The molecule has 6 heteroatoms. The summed E-state index contributed by atoms with van der Waals surface area (Å²) in [5.41, 5.74) is 1.34. The Morgan fingerprint density at radius 2 is 2.08 bits per heavy atom. The van der Waals surface area contributed by atoms with Crippen LogP contribution < -0.4 is 10.2 Å². The van der Waals surface area contributed by atoms with Crippen LogP contribution in [0.4, 0.5) is 5.82 Å². The molecule has 1 aromatic carbocycles. The number of amides is 1. The monoisotopic (exact) mass is 321 g/mol. The maximum atomic E-state index is 12.6. The maximum Gasteiger partial charge on any atom is 0.272 e. The van der Waals surface area contributed by atoms with Crippen LogP contribution >= 0.6 is 0 Å². The summed E-state index contributed by atoms with van der Waals surface area (Å²) in [6.07, 6.45) is 3.80. The van der Waals surface area contributed by atoms with Crippen LogP contribution in [0.1, 0.15) is 23.3 Å². The molecule has 1 amide bonds. The van der Waals surface area contributed by atoms with Gasteiger partial charge in [-0.05, 0) is 31.0 Å². The van der Waals surface area contributed by atoms with Crippen LogP contribution in [0.15, 0.2) is 48.7 Å². The van der Waals surface area contributed by atoms with Crippen LogP contribution in [0.2, 0.25) is 0 Å². The minimum atomic E-state index is -0.125. The van der Waals surface area contributed by atoms with Crippen LogP contribution in [0.25, 0.3) is 10.9 Å². The van der Waals surface area contributed by atoms with Crippen molar-refractivity contribution in [1.29, 1.82) is 0 Å². The Kier molecular flexibility index (Phi) is 3.86. The Morgan fingerprint density at radius 3 is 2.96 bits per heavy atom. The molecule has 0 spiro atoms. The second-order valence-corrected chi connectivity index (χ2v) is 6.06. The van der Waals surface area contributed by atoms with Crippen LogP contribution in [-0.2, 0) is 0 Å². The number of pyridine rings is 1. The molecule has 3 heterocycles. The molecule has 0 unspecified atom stereocenters. The number of benzene rings is 1. The van der Waals surface area contributed by atoms with Crippen molar-refractivity contribution in [1.82, 2.24) is 20.5 Å². The summed E-state index contributed by atoms with van der Waals surface area (Å²) in [4.78, 5) is 19.2. The van der Waals surface area contributed by atoms with Gasteiger partial charge < -0.3 is 10.2 Å². The molecule has 1 fully saturated rings. The highest BCUT2D eigenvalue weighted by molar-refractivity contribution is 6.04. The first-order valence-corrected chi connectivity index (χ1v) is 8.21. The lowest BCUT2D eigenvalue weighted by Gasteiger charge is -2.33. The zero-order chi connectivity index (χ0) is 16.4. The van der Waals surface area contributed by atoms with Gasteiger partial charge in [-0.1, -0.05) is 24.3 Å². The minimum absolute atomic E-state index is 0.101. The highest BCUT2D eigenvalue weighted by atomic mass is 16.2. The summed E-state index contributed by atoms with van der Waals surface area (Å²) >= 11 is 0. The molecule has 4 rings (SSSR count). The second kappa shape index (κ2) is 6.31. The predicted molar refractivity (Wildman–Crippen MR) is 93.0 cm³/mol. The lowest BCUT2D eigenvalue weighted by Crippen LogP contribution is -2.48. The average molecular weight is 321 g/mol. The molecule has 1 atom stereocenters. The highest BCUT2D eigenvalue weighted by Crippen LogP contribution is 2.19. The van der Waals surface area contributed by atoms with E-state index in [9.17, 15) is 4.79 Å². The Labute approximate surface area is 139 Å². The van der Waals surface area contributed by atoms with Gasteiger partial charge in [0, 0.05) is 30.7 Å². The van der Waals surface area contributed by atoms with Crippen molar-refractivity contribution in [2.45, 2.75) is 18.9 Å². The van der Waals surface area contributed by atoms with Gasteiger partial charge in [0.15, 0.2) is 5.69 Å². The normalized spacial score (nSPS) is 17.8. The third-order valence-electron chi connectivity index (χ3n) is 4.42. The smallest absolute Gasteiger partial charge is 0.272 e. The standard InChI is InChI=1S/C18H19N5O/c24-18(17-14-7-1-2-8-15(14)21-22-17)20-13-6-5-11-23(12-13)16-9-3-4-10-19-16/h1-4,7-10,13H,5-6,11-12H2,(H,20,24)(H,21,22)/t13-/m0/s1. The number of fused-ring (bicyclic) bond motifs is 1. The molecule has 6 nitrogen and oxygen atoms in total. The minimum Gasteiger partial charge on any atom is -0.355 e. The summed E-state index contributed by atoms with van der Waals surface area (Å²) in [7, 11) is 0. The summed E-state index contributed by atoms with van der Waals surface area (Å²) < 4.78 is 0. The molecule has 3 aromatic rings. The van der Waals surface area contributed by atoms with Crippen molar-refractivity contribution in [2.75, 3.05) is 18.0 Å². The topological polar surface area (TPSA) is 73.9 Å². The number of hydrogen-bond donors (Lipinski definition) is 2. The SMILES string of the molecule is O=C(N[C@H]1CCCN(c2ccccn2)C1)c1n[nH]c2ccccc12. The first-order valence-electron chi connectivity index (χ1n) is 8.21. The second-order valence-electron chi connectivity index (χ2n) is 6.06. The molecule has 2 aromatic heterocycles. The van der Waals surface area contributed by atoms with E-state index in [1.807, 2.05) is 42.5 Å². The molecule has 0 aliphatic carbocycles. The number of carbonyl (C=O) groups excluding carboxylic acids is 1. The number of para-hydroxylation sites is 1. The molecular formula is C18H19N5O. The fraction of sp³-hybridized carbons (Fsp3) is 0.278. The van der Waals surface area contributed by atoms with E-state index < -0.39 is 0 Å². The number of anilines is 1. The quantitative estimate of drug-likeness (QED) is 0.776. The number of aromatic amines is 1. The van der Waals surface area contributed by atoms with E-state index in [0.29, 0.717) is 5.69 Å². The molecular weight excluding hydrogens is 302 g/mol. The lowest BCUT2D eigenvalue weighted by atomic mass is 10.1. The Balaban J connectivity index is 1.47. The number of carbonyl (C=O) groups is 1. The molecule has 0 saturated carbocycles. The maximum absolute atomic E-state index is 12.6. The molecule has 0 bridgehead atoms. The third kappa shape index (κ3) is 2.82. The van der Waals surface area contributed by atoms with Gasteiger partial charge in [0.25, 0.3) is 5.91 Å². The van der Waals surface area contributed by atoms with Gasteiger partial charge in [-0.25, -0.2) is 4.98 Å². The summed E-state index contributed by atoms with van der Waals surface area (Å²) in [6.45, 7) is 1.74. The highest BCUT2D eigenvalue weighted by Gasteiger charge is 2.24. The summed E-state index contributed by atoms with van der Waals surface area (Å²) in [6, 6.07) is 13.7. The van der Waals surface area contributed by atoms with Crippen LogP contribution in [-0.4, -0.2) is 40.2 Å². The van der Waals surface area contributed by atoms with Crippen LogP contribution in [0, 0.1) is 0 Å². The molecule has 1 aliphatic heterocycles. The van der Waals surface area contributed by atoms with Gasteiger partial charge in [-0.2, -0.15) is 5.10 Å².